The molecule has 0 aromatic carbocycles. The topological polar surface area (TPSA) is 21.3 Å². The lowest BCUT2D eigenvalue weighted by molar-refractivity contribution is -0.174. The Kier molecular flexibility index (Phi) is 5.55. The molecule has 16 heavy (non-hydrogen) atoms. The fourth-order valence-corrected chi connectivity index (χ4v) is 2.10. The maximum Gasteiger partial charge on any atom is 0.411 e. The summed E-state index contributed by atoms with van der Waals surface area (Å²) >= 11 is 0. The highest BCUT2D eigenvalue weighted by Gasteiger charge is 2.27. The molecule has 0 aromatic heterocycles. The van der Waals surface area contributed by atoms with Crippen LogP contribution in [0.4, 0.5) is 13.2 Å². The van der Waals surface area contributed by atoms with Crippen LogP contribution in [0.5, 0.6) is 0 Å². The first-order valence-electron chi connectivity index (χ1n) is 5.89. The maximum absolute atomic E-state index is 11.8. The van der Waals surface area contributed by atoms with Gasteiger partial charge in [-0.05, 0) is 31.7 Å². The fraction of sp³-hybridized carbons (Fsp3) is 1.00. The van der Waals surface area contributed by atoms with Crippen LogP contribution in [0.2, 0.25) is 0 Å². The zero-order valence-electron chi connectivity index (χ0n) is 9.65. The molecule has 2 atom stereocenters. The normalized spacial score (nSPS) is 27.0. The van der Waals surface area contributed by atoms with Gasteiger partial charge in [0.25, 0.3) is 0 Å². The van der Waals surface area contributed by atoms with Crippen LogP contribution in [0.15, 0.2) is 0 Å². The van der Waals surface area contributed by atoms with Crippen molar-refractivity contribution in [2.24, 2.45) is 5.92 Å². The quantitative estimate of drug-likeness (QED) is 0.745. The van der Waals surface area contributed by atoms with Crippen molar-refractivity contribution >= 4 is 0 Å². The highest BCUT2D eigenvalue weighted by atomic mass is 19.4. The monoisotopic (exact) mass is 239 g/mol. The van der Waals surface area contributed by atoms with E-state index in [9.17, 15) is 13.2 Å². The van der Waals surface area contributed by atoms with E-state index in [4.69, 9.17) is 0 Å². The highest BCUT2D eigenvalue weighted by Crippen LogP contribution is 2.21. The Morgan fingerprint density at radius 1 is 1.38 bits per heavy atom. The van der Waals surface area contributed by atoms with Crippen LogP contribution >= 0.6 is 0 Å². The molecule has 1 saturated heterocycles. The third-order valence-corrected chi connectivity index (χ3v) is 3.06. The van der Waals surface area contributed by atoms with Crippen molar-refractivity contribution < 1.29 is 17.9 Å². The minimum Gasteiger partial charge on any atom is -0.372 e. The van der Waals surface area contributed by atoms with Crippen molar-refractivity contribution in [2.45, 2.75) is 44.8 Å². The average Bonchev–Trinajstić information content (AvgIpc) is 2.23. The number of alkyl halides is 3. The minimum atomic E-state index is -4.20. The number of halogens is 3. The second-order valence-corrected chi connectivity index (χ2v) is 4.41. The number of hydrogen-bond acceptors (Lipinski definition) is 2. The van der Waals surface area contributed by atoms with Crippen molar-refractivity contribution in [1.82, 2.24) is 5.32 Å². The van der Waals surface area contributed by atoms with Gasteiger partial charge in [0.1, 0.15) is 6.61 Å². The maximum atomic E-state index is 11.8. The summed E-state index contributed by atoms with van der Waals surface area (Å²) < 4.78 is 40.0. The van der Waals surface area contributed by atoms with Gasteiger partial charge in [0, 0.05) is 12.6 Å². The predicted octanol–water partition coefficient (Wildman–Crippen LogP) is 2.73. The fourth-order valence-electron chi connectivity index (χ4n) is 2.10. The van der Waals surface area contributed by atoms with E-state index < -0.39 is 12.8 Å². The SMILES string of the molecule is CCC1CCNC(CCOCC(F)(F)F)C1. The summed E-state index contributed by atoms with van der Waals surface area (Å²) in [5.74, 6) is 0.717. The molecule has 5 heteroatoms. The molecular formula is C11H20F3NO. The van der Waals surface area contributed by atoms with Crippen LogP contribution in [-0.2, 0) is 4.74 Å². The summed E-state index contributed by atoms with van der Waals surface area (Å²) in [6.45, 7) is 2.19. The zero-order chi connectivity index (χ0) is 12.0. The second-order valence-electron chi connectivity index (χ2n) is 4.41. The molecule has 0 radical (unpaired) electrons. The second kappa shape index (κ2) is 6.45. The van der Waals surface area contributed by atoms with Gasteiger partial charge in [-0.3, -0.25) is 0 Å². The molecule has 1 N–H and O–H groups in total. The first-order chi connectivity index (χ1) is 7.51. The first kappa shape index (κ1) is 13.8. The molecule has 0 aromatic rings. The van der Waals surface area contributed by atoms with Gasteiger partial charge in [-0.2, -0.15) is 13.2 Å². The van der Waals surface area contributed by atoms with E-state index >= 15 is 0 Å². The van der Waals surface area contributed by atoms with E-state index in [-0.39, 0.29) is 6.61 Å². The first-order valence-corrected chi connectivity index (χ1v) is 5.89. The molecular weight excluding hydrogens is 219 g/mol. The molecule has 96 valence electrons. The van der Waals surface area contributed by atoms with E-state index in [1.165, 1.54) is 6.42 Å². The molecule has 1 aliphatic rings. The lowest BCUT2D eigenvalue weighted by Crippen LogP contribution is -2.38. The molecule has 0 amide bonds. The standard InChI is InChI=1S/C11H20F3NO/c1-2-9-3-5-15-10(7-9)4-6-16-8-11(12,13)14/h9-10,15H,2-8H2,1H3. The Hall–Kier alpha value is -0.290. The van der Waals surface area contributed by atoms with E-state index in [1.807, 2.05) is 0 Å². The Morgan fingerprint density at radius 2 is 2.12 bits per heavy atom. The van der Waals surface area contributed by atoms with Crippen molar-refractivity contribution in [2.75, 3.05) is 19.8 Å². The predicted molar refractivity (Wildman–Crippen MR) is 56.3 cm³/mol. The van der Waals surface area contributed by atoms with Gasteiger partial charge < -0.3 is 10.1 Å². The van der Waals surface area contributed by atoms with Crippen molar-refractivity contribution in [3.63, 3.8) is 0 Å². The summed E-state index contributed by atoms with van der Waals surface area (Å²) in [5, 5.41) is 3.32. The Morgan fingerprint density at radius 3 is 2.75 bits per heavy atom. The van der Waals surface area contributed by atoms with Gasteiger partial charge in [-0.1, -0.05) is 13.3 Å². The van der Waals surface area contributed by atoms with E-state index in [0.717, 1.165) is 19.4 Å². The zero-order valence-corrected chi connectivity index (χ0v) is 9.65. The third kappa shape index (κ3) is 5.70. The molecule has 0 bridgehead atoms. The molecule has 1 rings (SSSR count). The molecule has 1 heterocycles. The molecule has 1 aliphatic heterocycles. The Labute approximate surface area is 94.5 Å². The molecule has 2 unspecified atom stereocenters. The summed E-state index contributed by atoms with van der Waals surface area (Å²) in [6.07, 6.45) is -0.137. The highest BCUT2D eigenvalue weighted by molar-refractivity contribution is 4.77. The van der Waals surface area contributed by atoms with Gasteiger partial charge in [-0.15, -0.1) is 0 Å². The van der Waals surface area contributed by atoms with Gasteiger partial charge >= 0.3 is 6.18 Å². The van der Waals surface area contributed by atoms with E-state index in [1.54, 1.807) is 0 Å². The van der Waals surface area contributed by atoms with Gasteiger partial charge in [0.15, 0.2) is 0 Å². The summed E-state index contributed by atoms with van der Waals surface area (Å²) in [4.78, 5) is 0. The number of hydrogen-bond donors (Lipinski definition) is 1. The van der Waals surface area contributed by atoms with Crippen LogP contribution in [0.25, 0.3) is 0 Å². The smallest absolute Gasteiger partial charge is 0.372 e. The van der Waals surface area contributed by atoms with E-state index in [2.05, 4.69) is 17.0 Å². The van der Waals surface area contributed by atoms with Crippen molar-refractivity contribution in [3.05, 3.63) is 0 Å². The third-order valence-electron chi connectivity index (χ3n) is 3.06. The van der Waals surface area contributed by atoms with Crippen molar-refractivity contribution in [1.29, 1.82) is 0 Å². The van der Waals surface area contributed by atoms with E-state index in [0.29, 0.717) is 18.4 Å². The van der Waals surface area contributed by atoms with Crippen LogP contribution in [0.3, 0.4) is 0 Å². The summed E-state index contributed by atoms with van der Waals surface area (Å²) in [5.41, 5.74) is 0. The Balaban J connectivity index is 2.08. The van der Waals surface area contributed by atoms with Gasteiger partial charge in [0.05, 0.1) is 0 Å². The minimum absolute atomic E-state index is 0.188. The van der Waals surface area contributed by atoms with Crippen LogP contribution < -0.4 is 5.32 Å². The van der Waals surface area contributed by atoms with Crippen LogP contribution in [0.1, 0.15) is 32.6 Å². The number of rotatable bonds is 5. The number of nitrogens with one attached hydrogen (secondary N) is 1. The largest absolute Gasteiger partial charge is 0.411 e. The number of piperidine rings is 1. The molecule has 2 nitrogen and oxygen atoms in total. The lowest BCUT2D eigenvalue weighted by atomic mass is 9.89. The summed E-state index contributed by atoms with van der Waals surface area (Å²) in [6, 6.07) is 0.326. The van der Waals surface area contributed by atoms with Gasteiger partial charge in [-0.25, -0.2) is 0 Å². The lowest BCUT2D eigenvalue weighted by Gasteiger charge is -2.29. The molecule has 0 spiro atoms. The summed E-state index contributed by atoms with van der Waals surface area (Å²) in [7, 11) is 0. The molecule has 1 fully saturated rings. The number of ether oxygens (including phenoxy) is 1. The van der Waals surface area contributed by atoms with Crippen LogP contribution in [-0.4, -0.2) is 32.0 Å². The van der Waals surface area contributed by atoms with Gasteiger partial charge in [0.2, 0.25) is 0 Å². The molecule has 0 aliphatic carbocycles. The van der Waals surface area contributed by atoms with Crippen molar-refractivity contribution in [3.8, 4) is 0 Å². The Bertz CT molecular complexity index is 196. The molecule has 0 saturated carbocycles. The average molecular weight is 239 g/mol. The van der Waals surface area contributed by atoms with Crippen LogP contribution in [0, 0.1) is 5.92 Å².